The number of rotatable bonds is 9. The van der Waals surface area contributed by atoms with Gasteiger partial charge in [-0.2, -0.15) is 0 Å². The van der Waals surface area contributed by atoms with Crippen LogP contribution in [0.15, 0.2) is 41.8 Å². The van der Waals surface area contributed by atoms with Crippen LogP contribution in [0.2, 0.25) is 0 Å². The van der Waals surface area contributed by atoms with Crippen LogP contribution in [0.4, 0.5) is 8.78 Å². The van der Waals surface area contributed by atoms with Gasteiger partial charge in [-0.25, -0.2) is 13.8 Å². The summed E-state index contributed by atoms with van der Waals surface area (Å²) < 4.78 is 42.5. The Morgan fingerprint density at radius 1 is 1.12 bits per heavy atom. The lowest BCUT2D eigenvalue weighted by Gasteiger charge is -2.10. The summed E-state index contributed by atoms with van der Waals surface area (Å²) in [5, 5.41) is 4.69. The number of esters is 1. The van der Waals surface area contributed by atoms with Gasteiger partial charge in [-0.1, -0.05) is 0 Å². The highest BCUT2D eigenvalue weighted by molar-refractivity contribution is 7.13. The largest absolute Gasteiger partial charge is 0.493 e. The van der Waals surface area contributed by atoms with Gasteiger partial charge in [-0.05, 0) is 37.3 Å². The van der Waals surface area contributed by atoms with Gasteiger partial charge in [0.1, 0.15) is 29.8 Å². The molecule has 1 aromatic heterocycles. The van der Waals surface area contributed by atoms with E-state index >= 15 is 0 Å². The number of carbonyl (C=O) groups is 2. The van der Waals surface area contributed by atoms with Crippen LogP contribution in [-0.2, 0) is 16.1 Å². The Kier molecular flexibility index (Phi) is 7.72. The Morgan fingerprint density at radius 2 is 1.94 bits per heavy atom. The SMILES string of the molecule is CCOc1ccc(-c2nc(COC(=O)CNC(=O)c3ccc(F)cc3F)cs2)cc1OC. The molecular formula is C22H20F2N2O5S. The summed E-state index contributed by atoms with van der Waals surface area (Å²) in [6.45, 7) is 1.84. The van der Waals surface area contributed by atoms with E-state index < -0.39 is 30.1 Å². The number of amides is 1. The number of hydrogen-bond donors (Lipinski definition) is 1. The summed E-state index contributed by atoms with van der Waals surface area (Å²) in [6.07, 6.45) is 0. The number of halogens is 2. The first kappa shape index (κ1) is 23.1. The molecule has 0 unspecified atom stereocenters. The minimum atomic E-state index is -1.02. The van der Waals surface area contributed by atoms with E-state index in [-0.39, 0.29) is 12.2 Å². The second-order valence-corrected chi connectivity index (χ2v) is 7.27. The molecule has 0 saturated heterocycles. The number of carbonyl (C=O) groups excluding carboxylic acids is 2. The predicted molar refractivity (Wildman–Crippen MR) is 114 cm³/mol. The smallest absolute Gasteiger partial charge is 0.325 e. The van der Waals surface area contributed by atoms with E-state index in [1.807, 2.05) is 19.1 Å². The van der Waals surface area contributed by atoms with Gasteiger partial charge in [-0.3, -0.25) is 9.59 Å². The van der Waals surface area contributed by atoms with Crippen LogP contribution in [0.1, 0.15) is 23.0 Å². The Labute approximate surface area is 187 Å². The first-order chi connectivity index (χ1) is 15.4. The van der Waals surface area contributed by atoms with E-state index in [1.165, 1.54) is 11.3 Å². The summed E-state index contributed by atoms with van der Waals surface area (Å²) >= 11 is 1.37. The second kappa shape index (κ2) is 10.7. The molecule has 0 saturated carbocycles. The molecule has 0 bridgehead atoms. The molecule has 2 aromatic carbocycles. The van der Waals surface area contributed by atoms with Gasteiger partial charge in [0, 0.05) is 17.0 Å². The highest BCUT2D eigenvalue weighted by Gasteiger charge is 2.15. The van der Waals surface area contributed by atoms with Gasteiger partial charge in [0.2, 0.25) is 0 Å². The number of benzene rings is 2. The Hall–Kier alpha value is -3.53. The average molecular weight is 462 g/mol. The monoisotopic (exact) mass is 462 g/mol. The number of methoxy groups -OCH3 is 1. The van der Waals surface area contributed by atoms with E-state index in [9.17, 15) is 18.4 Å². The maximum Gasteiger partial charge on any atom is 0.325 e. The van der Waals surface area contributed by atoms with E-state index in [0.717, 1.165) is 17.7 Å². The van der Waals surface area contributed by atoms with Crippen molar-refractivity contribution in [1.29, 1.82) is 0 Å². The molecule has 3 aromatic rings. The molecule has 0 spiro atoms. The fourth-order valence-electron chi connectivity index (χ4n) is 2.71. The Bertz CT molecular complexity index is 1120. The standard InChI is InChI=1S/C22H20F2N2O5S/c1-3-30-18-7-4-13(8-19(18)29-2)22-26-15(12-32-22)11-31-20(27)10-25-21(28)16-6-5-14(23)9-17(16)24/h4-9,12H,3,10-11H2,1-2H3,(H,25,28). The number of ether oxygens (including phenoxy) is 3. The molecule has 0 fully saturated rings. The zero-order valence-corrected chi connectivity index (χ0v) is 18.1. The third-order valence-electron chi connectivity index (χ3n) is 4.21. The van der Waals surface area contributed by atoms with Crippen LogP contribution in [-0.4, -0.2) is 37.1 Å². The highest BCUT2D eigenvalue weighted by Crippen LogP contribution is 2.33. The molecule has 0 aliphatic rings. The molecule has 168 valence electrons. The minimum Gasteiger partial charge on any atom is -0.493 e. The zero-order chi connectivity index (χ0) is 23.1. The third-order valence-corrected chi connectivity index (χ3v) is 5.15. The zero-order valence-electron chi connectivity index (χ0n) is 17.3. The lowest BCUT2D eigenvalue weighted by molar-refractivity contribution is -0.143. The highest BCUT2D eigenvalue weighted by atomic mass is 32.1. The van der Waals surface area contributed by atoms with Crippen LogP contribution in [0.5, 0.6) is 11.5 Å². The van der Waals surface area contributed by atoms with Crippen molar-refractivity contribution in [2.45, 2.75) is 13.5 Å². The van der Waals surface area contributed by atoms with Crippen molar-refractivity contribution in [2.75, 3.05) is 20.3 Å². The summed E-state index contributed by atoms with van der Waals surface area (Å²) in [5.74, 6) is -2.17. The summed E-state index contributed by atoms with van der Waals surface area (Å²) in [6, 6.07) is 8.00. The van der Waals surface area contributed by atoms with Crippen LogP contribution in [0.25, 0.3) is 10.6 Å². The molecular weight excluding hydrogens is 442 g/mol. The molecule has 0 aliphatic heterocycles. The molecule has 1 heterocycles. The Morgan fingerprint density at radius 3 is 2.66 bits per heavy atom. The average Bonchev–Trinajstić information content (AvgIpc) is 3.25. The molecule has 1 amide bonds. The molecule has 1 N–H and O–H groups in total. The number of thiazole rings is 1. The first-order valence-corrected chi connectivity index (χ1v) is 10.4. The number of hydrogen-bond acceptors (Lipinski definition) is 7. The van der Waals surface area contributed by atoms with E-state index in [4.69, 9.17) is 14.2 Å². The summed E-state index contributed by atoms with van der Waals surface area (Å²) in [5.41, 5.74) is 0.984. The van der Waals surface area contributed by atoms with E-state index in [1.54, 1.807) is 18.6 Å². The van der Waals surface area contributed by atoms with Crippen molar-refractivity contribution in [1.82, 2.24) is 10.3 Å². The molecule has 0 atom stereocenters. The number of nitrogens with one attached hydrogen (secondary N) is 1. The van der Waals surface area contributed by atoms with Crippen molar-refractivity contribution in [3.8, 4) is 22.1 Å². The Balaban J connectivity index is 1.53. The van der Waals surface area contributed by atoms with Crippen molar-refractivity contribution in [2.24, 2.45) is 0 Å². The van der Waals surface area contributed by atoms with Gasteiger partial charge < -0.3 is 19.5 Å². The molecule has 0 aliphatic carbocycles. The quantitative estimate of drug-likeness (QED) is 0.485. The molecule has 32 heavy (non-hydrogen) atoms. The maximum atomic E-state index is 13.6. The van der Waals surface area contributed by atoms with Crippen LogP contribution >= 0.6 is 11.3 Å². The van der Waals surface area contributed by atoms with Gasteiger partial charge in [0.25, 0.3) is 5.91 Å². The van der Waals surface area contributed by atoms with Gasteiger partial charge in [-0.15, -0.1) is 11.3 Å². The van der Waals surface area contributed by atoms with Crippen LogP contribution in [0.3, 0.4) is 0 Å². The molecule has 7 nitrogen and oxygen atoms in total. The fraction of sp³-hybridized carbons (Fsp3) is 0.227. The van der Waals surface area contributed by atoms with E-state index in [2.05, 4.69) is 10.3 Å². The van der Waals surface area contributed by atoms with Crippen LogP contribution in [0, 0.1) is 11.6 Å². The number of aromatic nitrogens is 1. The van der Waals surface area contributed by atoms with Gasteiger partial charge >= 0.3 is 5.97 Å². The molecule has 3 rings (SSSR count). The summed E-state index contributed by atoms with van der Waals surface area (Å²) in [4.78, 5) is 28.3. The normalized spacial score (nSPS) is 10.5. The van der Waals surface area contributed by atoms with Gasteiger partial charge in [0.15, 0.2) is 11.5 Å². The second-order valence-electron chi connectivity index (χ2n) is 6.41. The predicted octanol–water partition coefficient (Wildman–Crippen LogP) is 3.97. The van der Waals surface area contributed by atoms with Crippen LogP contribution < -0.4 is 14.8 Å². The maximum absolute atomic E-state index is 13.6. The number of nitrogens with zero attached hydrogens (tertiary/aromatic N) is 1. The fourth-order valence-corrected chi connectivity index (χ4v) is 3.51. The molecule has 0 radical (unpaired) electrons. The lowest BCUT2D eigenvalue weighted by atomic mass is 10.2. The first-order valence-electron chi connectivity index (χ1n) is 9.55. The lowest BCUT2D eigenvalue weighted by Crippen LogP contribution is -2.31. The third kappa shape index (κ3) is 5.79. The van der Waals surface area contributed by atoms with Crippen molar-refractivity contribution in [3.05, 3.63) is 64.7 Å². The molecule has 10 heteroatoms. The van der Waals surface area contributed by atoms with E-state index in [0.29, 0.717) is 34.9 Å². The van der Waals surface area contributed by atoms with Crippen molar-refractivity contribution < 1.29 is 32.6 Å². The minimum absolute atomic E-state index is 0.0930. The van der Waals surface area contributed by atoms with Gasteiger partial charge in [0.05, 0.1) is 25.0 Å². The van der Waals surface area contributed by atoms with Crippen molar-refractivity contribution >= 4 is 23.2 Å². The van der Waals surface area contributed by atoms with Crippen molar-refractivity contribution in [3.63, 3.8) is 0 Å². The topological polar surface area (TPSA) is 86.8 Å². The summed E-state index contributed by atoms with van der Waals surface area (Å²) in [7, 11) is 1.55.